The Bertz CT molecular complexity index is 1050. The highest BCUT2D eigenvalue weighted by atomic mass is 16.1. The molecule has 7 nitrogen and oxygen atoms in total. The average molecular weight is 415 g/mol. The molecule has 0 saturated carbocycles. The summed E-state index contributed by atoms with van der Waals surface area (Å²) in [6.07, 6.45) is 6.68. The highest BCUT2D eigenvalue weighted by Gasteiger charge is 2.21. The molecule has 0 atom stereocenters. The molecule has 1 amide bonds. The van der Waals surface area contributed by atoms with Crippen molar-refractivity contribution in [2.75, 3.05) is 13.1 Å². The third kappa shape index (κ3) is 5.38. The fourth-order valence-electron chi connectivity index (χ4n) is 3.70. The van der Waals surface area contributed by atoms with Crippen LogP contribution >= 0.6 is 0 Å². The fourth-order valence-corrected chi connectivity index (χ4v) is 3.70. The quantitative estimate of drug-likeness (QED) is 0.623. The van der Waals surface area contributed by atoms with Crippen LogP contribution in [0.1, 0.15) is 46.2 Å². The van der Waals surface area contributed by atoms with Crippen LogP contribution in [0, 0.1) is 0 Å². The smallest absolute Gasteiger partial charge is 0.254 e. The summed E-state index contributed by atoms with van der Waals surface area (Å²) in [6, 6.07) is 13.3. The summed E-state index contributed by atoms with van der Waals surface area (Å²) in [6.45, 7) is 4.20. The number of nitrogens with zero attached hydrogens (tertiary/aromatic N) is 4. The summed E-state index contributed by atoms with van der Waals surface area (Å²) in [5, 5.41) is 3.10. The highest BCUT2D eigenvalue weighted by molar-refractivity contribution is 5.95. The lowest BCUT2D eigenvalue weighted by Gasteiger charge is -2.32. The largest absolute Gasteiger partial charge is 0.349 e. The molecule has 158 valence electrons. The Morgan fingerprint density at radius 2 is 1.77 bits per heavy atom. The molecule has 31 heavy (non-hydrogen) atoms. The predicted molar refractivity (Wildman–Crippen MR) is 117 cm³/mol. The summed E-state index contributed by atoms with van der Waals surface area (Å²) in [7, 11) is 0. The van der Waals surface area contributed by atoms with Crippen LogP contribution in [-0.4, -0.2) is 50.7 Å². The number of piperidine rings is 1. The Morgan fingerprint density at radius 3 is 2.45 bits per heavy atom. The number of benzene rings is 1. The van der Waals surface area contributed by atoms with Crippen LogP contribution in [-0.2, 0) is 6.54 Å². The van der Waals surface area contributed by atoms with E-state index in [2.05, 4.69) is 25.2 Å². The lowest BCUT2D eigenvalue weighted by molar-refractivity contribution is 0.0907. The summed E-state index contributed by atoms with van der Waals surface area (Å²) in [4.78, 5) is 39.6. The Labute approximate surface area is 181 Å². The van der Waals surface area contributed by atoms with E-state index in [0.29, 0.717) is 17.0 Å². The molecule has 1 aromatic carbocycles. The topological polar surface area (TPSA) is 88.1 Å². The first kappa shape index (κ1) is 20.8. The van der Waals surface area contributed by atoms with Gasteiger partial charge in [-0.3, -0.25) is 19.5 Å². The Hall–Kier alpha value is -3.45. The SMILES string of the molecule is CC(=O)c1cccc(-c2ncc(C(=O)NC3CCN(Cc4ccccn4)CC3)cn2)c1. The maximum absolute atomic E-state index is 12.6. The van der Waals surface area contributed by atoms with E-state index < -0.39 is 0 Å². The van der Waals surface area contributed by atoms with Gasteiger partial charge >= 0.3 is 0 Å². The number of Topliss-reactive ketones (excluding diaryl/α,β-unsaturated/α-hetero) is 1. The van der Waals surface area contributed by atoms with Gasteiger partial charge in [0.05, 0.1) is 11.3 Å². The van der Waals surface area contributed by atoms with Gasteiger partial charge in [0.2, 0.25) is 0 Å². The van der Waals surface area contributed by atoms with E-state index in [-0.39, 0.29) is 17.7 Å². The lowest BCUT2D eigenvalue weighted by Crippen LogP contribution is -2.44. The number of aromatic nitrogens is 3. The molecule has 3 aromatic rings. The zero-order valence-electron chi connectivity index (χ0n) is 17.5. The van der Waals surface area contributed by atoms with E-state index in [1.165, 1.54) is 19.3 Å². The molecule has 1 saturated heterocycles. The summed E-state index contributed by atoms with van der Waals surface area (Å²) < 4.78 is 0. The molecule has 0 aliphatic carbocycles. The molecule has 1 fully saturated rings. The first-order valence-electron chi connectivity index (χ1n) is 10.4. The standard InChI is InChI=1S/C24H25N5O2/c1-17(30)18-5-4-6-19(13-18)23-26-14-20(15-27-23)24(31)28-21-8-11-29(12-9-21)16-22-7-2-3-10-25-22/h2-7,10,13-15,21H,8-9,11-12,16H2,1H3,(H,28,31). The number of rotatable bonds is 6. The zero-order chi connectivity index (χ0) is 21.6. The van der Waals surface area contributed by atoms with Gasteiger partial charge in [0.25, 0.3) is 5.91 Å². The molecule has 4 rings (SSSR count). The molecule has 1 aliphatic rings. The molecule has 1 N–H and O–H groups in total. The lowest BCUT2D eigenvalue weighted by atomic mass is 10.0. The van der Waals surface area contributed by atoms with Crippen molar-refractivity contribution in [1.29, 1.82) is 0 Å². The summed E-state index contributed by atoms with van der Waals surface area (Å²) >= 11 is 0. The molecular formula is C24H25N5O2. The normalized spacial score (nSPS) is 14.9. The van der Waals surface area contributed by atoms with Gasteiger partial charge in [-0.1, -0.05) is 24.3 Å². The Kier molecular flexibility index (Phi) is 6.43. The van der Waals surface area contributed by atoms with E-state index in [9.17, 15) is 9.59 Å². The fraction of sp³-hybridized carbons (Fsp3) is 0.292. The molecule has 0 unspecified atom stereocenters. The Balaban J connectivity index is 1.31. The van der Waals surface area contributed by atoms with E-state index in [1.54, 1.807) is 18.2 Å². The minimum Gasteiger partial charge on any atom is -0.349 e. The van der Waals surface area contributed by atoms with Gasteiger partial charge in [0.1, 0.15) is 0 Å². The second-order valence-corrected chi connectivity index (χ2v) is 7.78. The van der Waals surface area contributed by atoms with Crippen LogP contribution in [0.2, 0.25) is 0 Å². The van der Waals surface area contributed by atoms with Crippen LogP contribution in [0.3, 0.4) is 0 Å². The molecule has 7 heteroatoms. The van der Waals surface area contributed by atoms with Crippen molar-refractivity contribution >= 4 is 11.7 Å². The van der Waals surface area contributed by atoms with E-state index in [4.69, 9.17) is 0 Å². The summed E-state index contributed by atoms with van der Waals surface area (Å²) in [5.41, 5.74) is 2.86. The Morgan fingerprint density at radius 1 is 1.00 bits per heavy atom. The van der Waals surface area contributed by atoms with Crippen LogP contribution in [0.4, 0.5) is 0 Å². The molecule has 0 spiro atoms. The third-order valence-corrected chi connectivity index (χ3v) is 5.48. The van der Waals surface area contributed by atoms with Crippen molar-refractivity contribution in [1.82, 2.24) is 25.2 Å². The maximum atomic E-state index is 12.6. The monoisotopic (exact) mass is 415 g/mol. The average Bonchev–Trinajstić information content (AvgIpc) is 2.81. The van der Waals surface area contributed by atoms with Crippen molar-refractivity contribution in [2.24, 2.45) is 0 Å². The molecule has 0 bridgehead atoms. The predicted octanol–water partition coefficient (Wildman–Crippen LogP) is 3.14. The number of likely N-dealkylation sites (tertiary alicyclic amines) is 1. The van der Waals surface area contributed by atoms with Crippen molar-refractivity contribution < 1.29 is 9.59 Å². The van der Waals surface area contributed by atoms with Crippen LogP contribution < -0.4 is 5.32 Å². The van der Waals surface area contributed by atoms with Crippen molar-refractivity contribution in [3.05, 3.63) is 77.9 Å². The van der Waals surface area contributed by atoms with E-state index in [1.807, 2.05) is 30.5 Å². The number of amides is 1. The number of ketones is 1. The van der Waals surface area contributed by atoms with Crippen LogP contribution in [0.25, 0.3) is 11.4 Å². The molecule has 3 heterocycles. The van der Waals surface area contributed by atoms with Crippen LogP contribution in [0.5, 0.6) is 0 Å². The zero-order valence-corrected chi connectivity index (χ0v) is 17.5. The molecule has 1 aliphatic heterocycles. The number of hydrogen-bond acceptors (Lipinski definition) is 6. The van der Waals surface area contributed by atoms with Gasteiger partial charge in [-0.2, -0.15) is 0 Å². The first-order chi connectivity index (χ1) is 15.1. The molecule has 0 radical (unpaired) electrons. The maximum Gasteiger partial charge on any atom is 0.254 e. The second-order valence-electron chi connectivity index (χ2n) is 7.78. The van der Waals surface area contributed by atoms with E-state index >= 15 is 0 Å². The van der Waals surface area contributed by atoms with Crippen molar-refractivity contribution in [3.63, 3.8) is 0 Å². The number of carbonyl (C=O) groups excluding carboxylic acids is 2. The van der Waals surface area contributed by atoms with E-state index in [0.717, 1.165) is 43.7 Å². The van der Waals surface area contributed by atoms with Gasteiger partial charge in [0.15, 0.2) is 11.6 Å². The van der Waals surface area contributed by atoms with Gasteiger partial charge in [0, 0.05) is 55.4 Å². The second kappa shape index (κ2) is 9.57. The van der Waals surface area contributed by atoms with Crippen LogP contribution in [0.15, 0.2) is 61.1 Å². The number of hydrogen-bond donors (Lipinski definition) is 1. The number of nitrogens with one attached hydrogen (secondary N) is 1. The van der Waals surface area contributed by atoms with Crippen molar-refractivity contribution in [2.45, 2.75) is 32.4 Å². The highest BCUT2D eigenvalue weighted by Crippen LogP contribution is 2.17. The minimum atomic E-state index is -0.160. The number of pyridine rings is 1. The van der Waals surface area contributed by atoms with Gasteiger partial charge < -0.3 is 5.32 Å². The van der Waals surface area contributed by atoms with Crippen molar-refractivity contribution in [3.8, 4) is 11.4 Å². The molecular weight excluding hydrogens is 390 g/mol. The van der Waals surface area contributed by atoms with Gasteiger partial charge in [-0.15, -0.1) is 0 Å². The summed E-state index contributed by atoms with van der Waals surface area (Å²) in [5.74, 6) is 0.318. The molecule has 2 aromatic heterocycles. The van der Waals surface area contributed by atoms with Gasteiger partial charge in [-0.05, 0) is 38.0 Å². The third-order valence-electron chi connectivity index (χ3n) is 5.48. The minimum absolute atomic E-state index is 0.0103. The first-order valence-corrected chi connectivity index (χ1v) is 10.4. The number of carbonyl (C=O) groups is 2. The van der Waals surface area contributed by atoms with Gasteiger partial charge in [-0.25, -0.2) is 9.97 Å².